The average molecular weight is 480 g/mol. The maximum absolute atomic E-state index is 14.0. The summed E-state index contributed by atoms with van der Waals surface area (Å²) in [6, 6.07) is 8.51. The molecule has 1 aromatic rings. The van der Waals surface area contributed by atoms with Crippen LogP contribution in [0.1, 0.15) is 27.2 Å². The van der Waals surface area contributed by atoms with Crippen LogP contribution in [-0.2, 0) is 19.1 Å². The molecule has 5 rings (SSSR count). The average Bonchev–Trinajstić information content (AvgIpc) is 3.12. The van der Waals surface area contributed by atoms with Gasteiger partial charge in [0.15, 0.2) is 0 Å². The SMILES string of the molecule is CC(C)(C)N1CC=C[C@]23O[C@@H]4C=CCN(c5ccccc5)C(=O)[C@@H]4[C@H]2C(=O)N(CCCO)C3C1=O. The molecule has 0 radical (unpaired) electrons. The lowest BCUT2D eigenvalue weighted by Crippen LogP contribution is -2.58. The lowest BCUT2D eigenvalue weighted by molar-refractivity contribution is -0.150. The number of hydrogen-bond donors (Lipinski definition) is 1. The van der Waals surface area contributed by atoms with E-state index in [0.29, 0.717) is 19.5 Å². The Morgan fingerprint density at radius 1 is 1.03 bits per heavy atom. The summed E-state index contributed by atoms with van der Waals surface area (Å²) < 4.78 is 6.61. The molecule has 4 aliphatic heterocycles. The zero-order valence-corrected chi connectivity index (χ0v) is 20.5. The quantitative estimate of drug-likeness (QED) is 0.665. The van der Waals surface area contributed by atoms with Crippen molar-refractivity contribution in [3.8, 4) is 0 Å². The summed E-state index contributed by atoms with van der Waals surface area (Å²) in [5.74, 6) is -2.20. The fourth-order valence-electron chi connectivity index (χ4n) is 6.06. The molecule has 0 saturated carbocycles. The van der Waals surface area contributed by atoms with Crippen molar-refractivity contribution in [2.75, 3.05) is 31.1 Å². The second-order valence-electron chi connectivity index (χ2n) is 10.7. The summed E-state index contributed by atoms with van der Waals surface area (Å²) in [6.45, 7) is 6.80. The molecule has 4 heterocycles. The Morgan fingerprint density at radius 3 is 2.46 bits per heavy atom. The Balaban J connectivity index is 1.60. The van der Waals surface area contributed by atoms with Crippen LogP contribution in [0.4, 0.5) is 5.69 Å². The maximum Gasteiger partial charge on any atom is 0.249 e. The highest BCUT2D eigenvalue weighted by Gasteiger charge is 2.72. The highest BCUT2D eigenvalue weighted by molar-refractivity contribution is 6.03. The lowest BCUT2D eigenvalue weighted by atomic mass is 9.77. The minimum atomic E-state index is -1.24. The molecular weight excluding hydrogens is 446 g/mol. The molecular formula is C27H33N3O5. The first-order valence-electron chi connectivity index (χ1n) is 12.3. The molecule has 2 saturated heterocycles. The summed E-state index contributed by atoms with van der Waals surface area (Å²) in [7, 11) is 0. The van der Waals surface area contributed by atoms with Crippen molar-refractivity contribution in [2.24, 2.45) is 11.8 Å². The number of rotatable bonds is 4. The second-order valence-corrected chi connectivity index (χ2v) is 10.7. The first kappa shape index (κ1) is 23.8. The highest BCUT2D eigenvalue weighted by Crippen LogP contribution is 2.53. The number of carbonyl (C=O) groups is 3. The van der Waals surface area contributed by atoms with Crippen LogP contribution in [0.3, 0.4) is 0 Å². The van der Waals surface area contributed by atoms with E-state index in [0.717, 1.165) is 5.69 Å². The number of carbonyl (C=O) groups excluding carboxylic acids is 3. The summed E-state index contributed by atoms with van der Waals surface area (Å²) in [5, 5.41) is 9.49. The Morgan fingerprint density at radius 2 is 1.77 bits per heavy atom. The smallest absolute Gasteiger partial charge is 0.249 e. The second kappa shape index (κ2) is 8.60. The molecule has 35 heavy (non-hydrogen) atoms. The molecule has 5 atom stereocenters. The van der Waals surface area contributed by atoms with Crippen LogP contribution in [0.2, 0.25) is 0 Å². The fourth-order valence-corrected chi connectivity index (χ4v) is 6.06. The number of ether oxygens (including phenoxy) is 1. The number of benzene rings is 1. The standard InChI is InChI=1S/C27H33N3O5/c1-26(2,3)30-16-8-13-27-21(24(33)29(15-9-17-31)22(27)25(30)34)20-19(35-27)12-7-14-28(23(20)32)18-10-5-4-6-11-18/h4-8,10-13,19-22,31H,9,14-17H2,1-3H3/t19-,20+,21+,22?,27+/m1/s1. The molecule has 1 aromatic carbocycles. The third-order valence-electron chi connectivity index (χ3n) is 7.59. The Kier molecular flexibility index (Phi) is 5.84. The van der Waals surface area contributed by atoms with Crippen molar-refractivity contribution >= 4 is 23.4 Å². The molecule has 4 aliphatic rings. The van der Waals surface area contributed by atoms with Crippen LogP contribution in [-0.4, -0.2) is 82.2 Å². The van der Waals surface area contributed by atoms with Crippen LogP contribution < -0.4 is 4.90 Å². The molecule has 0 bridgehead atoms. The third kappa shape index (κ3) is 3.62. The Hall–Kier alpha value is -2.97. The normalized spacial score (nSPS) is 32.5. The minimum absolute atomic E-state index is 0.0997. The van der Waals surface area contributed by atoms with Crippen molar-refractivity contribution in [3.63, 3.8) is 0 Å². The van der Waals surface area contributed by atoms with Crippen LogP contribution in [0.25, 0.3) is 0 Å². The van der Waals surface area contributed by atoms with Gasteiger partial charge in [0, 0.05) is 37.5 Å². The van der Waals surface area contributed by atoms with Gasteiger partial charge in [0.1, 0.15) is 11.6 Å². The van der Waals surface area contributed by atoms with Gasteiger partial charge in [-0.15, -0.1) is 0 Å². The summed E-state index contributed by atoms with van der Waals surface area (Å²) in [6.07, 6.45) is 7.26. The minimum Gasteiger partial charge on any atom is -0.396 e. The number of para-hydroxylation sites is 1. The van der Waals surface area contributed by atoms with Gasteiger partial charge in [0.25, 0.3) is 0 Å². The molecule has 3 amide bonds. The monoisotopic (exact) mass is 479 g/mol. The predicted molar refractivity (Wildman–Crippen MR) is 130 cm³/mol. The van der Waals surface area contributed by atoms with Crippen molar-refractivity contribution in [3.05, 3.63) is 54.6 Å². The largest absolute Gasteiger partial charge is 0.396 e. The molecule has 1 N–H and O–H groups in total. The predicted octanol–water partition coefficient (Wildman–Crippen LogP) is 1.75. The van der Waals surface area contributed by atoms with Crippen LogP contribution >= 0.6 is 0 Å². The Labute approximate surface area is 205 Å². The number of aliphatic hydroxyl groups excluding tert-OH is 1. The van der Waals surface area contributed by atoms with Gasteiger partial charge in [-0.2, -0.15) is 0 Å². The first-order chi connectivity index (χ1) is 16.7. The highest BCUT2D eigenvalue weighted by atomic mass is 16.5. The van der Waals surface area contributed by atoms with E-state index in [1.165, 1.54) is 0 Å². The number of aliphatic hydroxyl groups is 1. The lowest BCUT2D eigenvalue weighted by Gasteiger charge is -2.40. The molecule has 1 unspecified atom stereocenters. The van der Waals surface area contributed by atoms with E-state index >= 15 is 0 Å². The van der Waals surface area contributed by atoms with Gasteiger partial charge >= 0.3 is 0 Å². The van der Waals surface area contributed by atoms with Crippen LogP contribution in [0.15, 0.2) is 54.6 Å². The number of anilines is 1. The van der Waals surface area contributed by atoms with Crippen molar-refractivity contribution in [1.29, 1.82) is 0 Å². The van der Waals surface area contributed by atoms with Crippen LogP contribution in [0, 0.1) is 11.8 Å². The number of fused-ring (bicyclic) bond motifs is 2. The van der Waals surface area contributed by atoms with E-state index in [9.17, 15) is 19.5 Å². The van der Waals surface area contributed by atoms with Crippen molar-refractivity contribution < 1.29 is 24.2 Å². The van der Waals surface area contributed by atoms with Gasteiger partial charge in [-0.05, 0) is 39.3 Å². The molecule has 8 nitrogen and oxygen atoms in total. The fraction of sp³-hybridized carbons (Fsp3) is 0.519. The van der Waals surface area contributed by atoms with E-state index in [1.807, 2.05) is 75.4 Å². The van der Waals surface area contributed by atoms with Gasteiger partial charge in [0.05, 0.1) is 17.9 Å². The van der Waals surface area contributed by atoms with Crippen molar-refractivity contribution in [2.45, 2.75) is 50.5 Å². The molecule has 2 fully saturated rings. The van der Waals surface area contributed by atoms with E-state index in [2.05, 4.69) is 0 Å². The first-order valence-corrected chi connectivity index (χ1v) is 12.3. The topological polar surface area (TPSA) is 90.4 Å². The van der Waals surface area contributed by atoms with Crippen LogP contribution in [0.5, 0.6) is 0 Å². The maximum atomic E-state index is 14.0. The number of amides is 3. The zero-order valence-electron chi connectivity index (χ0n) is 20.5. The van der Waals surface area contributed by atoms with E-state index in [4.69, 9.17) is 4.74 Å². The molecule has 8 heteroatoms. The molecule has 186 valence electrons. The van der Waals surface area contributed by atoms with E-state index in [1.54, 1.807) is 14.7 Å². The van der Waals surface area contributed by atoms with Gasteiger partial charge < -0.3 is 24.5 Å². The number of likely N-dealkylation sites (tertiary alicyclic amines) is 1. The van der Waals surface area contributed by atoms with Gasteiger partial charge in [-0.1, -0.05) is 42.5 Å². The summed E-state index contributed by atoms with van der Waals surface area (Å²) in [5.41, 5.74) is -0.938. The van der Waals surface area contributed by atoms with Gasteiger partial charge in [0.2, 0.25) is 17.7 Å². The van der Waals surface area contributed by atoms with Gasteiger partial charge in [-0.25, -0.2) is 0 Å². The third-order valence-corrected chi connectivity index (χ3v) is 7.59. The summed E-state index contributed by atoms with van der Waals surface area (Å²) in [4.78, 5) is 47.0. The molecule has 0 aromatic heterocycles. The number of hydrogen-bond acceptors (Lipinski definition) is 5. The van der Waals surface area contributed by atoms with Gasteiger partial charge in [-0.3, -0.25) is 14.4 Å². The zero-order chi connectivity index (χ0) is 25.0. The van der Waals surface area contributed by atoms with Crippen molar-refractivity contribution in [1.82, 2.24) is 9.80 Å². The van der Waals surface area contributed by atoms with E-state index < -0.39 is 35.1 Å². The van der Waals surface area contributed by atoms with E-state index in [-0.39, 0.29) is 30.9 Å². The number of nitrogens with zero attached hydrogens (tertiary/aromatic N) is 3. The summed E-state index contributed by atoms with van der Waals surface area (Å²) >= 11 is 0. The Bertz CT molecular complexity index is 1080. The molecule has 1 spiro atoms. The molecule has 0 aliphatic carbocycles.